The van der Waals surface area contributed by atoms with Gasteiger partial charge in [-0.25, -0.2) is 8.78 Å². The number of nitrogens with one attached hydrogen (secondary N) is 1. The molecule has 2 N–H and O–H groups in total. The van der Waals surface area contributed by atoms with Gasteiger partial charge in [0.2, 0.25) is 0 Å². The Morgan fingerprint density at radius 2 is 1.94 bits per heavy atom. The molecule has 0 saturated carbocycles. The number of carbonyl (C=O) groups excluding carboxylic acids is 1. The first-order valence-corrected chi connectivity index (χ1v) is 5.62. The summed E-state index contributed by atoms with van der Waals surface area (Å²) in [7, 11) is 1.40. The summed E-state index contributed by atoms with van der Waals surface area (Å²) in [5, 5.41) is 11.2. The summed E-state index contributed by atoms with van der Waals surface area (Å²) in [6.45, 7) is 2.02. The summed E-state index contributed by atoms with van der Waals surface area (Å²) < 4.78 is 27.0. The lowest BCUT2D eigenvalue weighted by molar-refractivity contribution is 0.0731. The first kappa shape index (κ1) is 14.4. The van der Waals surface area contributed by atoms with E-state index in [4.69, 9.17) is 5.11 Å². The standard InChI is InChI=1S/C12H16F2N2O2/c1-3-16(4-5-17)12(18)8-6-9(13)11(15-2)10(14)7-8/h6-7,15,17H,3-5H2,1-2H3. The van der Waals surface area contributed by atoms with Crippen molar-refractivity contribution in [3.8, 4) is 0 Å². The average Bonchev–Trinajstić information content (AvgIpc) is 2.34. The number of hydrogen-bond acceptors (Lipinski definition) is 3. The van der Waals surface area contributed by atoms with Gasteiger partial charge in [0.05, 0.1) is 6.61 Å². The molecule has 6 heteroatoms. The van der Waals surface area contributed by atoms with Gasteiger partial charge in [-0.2, -0.15) is 0 Å². The second kappa shape index (κ2) is 6.30. The van der Waals surface area contributed by atoms with Crippen LogP contribution in [0.2, 0.25) is 0 Å². The highest BCUT2D eigenvalue weighted by Gasteiger charge is 2.18. The summed E-state index contributed by atoms with van der Waals surface area (Å²) in [5.41, 5.74) is -0.337. The molecular weight excluding hydrogens is 242 g/mol. The summed E-state index contributed by atoms with van der Waals surface area (Å²) >= 11 is 0. The number of nitrogens with zero attached hydrogens (tertiary/aromatic N) is 1. The lowest BCUT2D eigenvalue weighted by Gasteiger charge is -2.20. The Morgan fingerprint density at radius 3 is 2.33 bits per heavy atom. The maximum absolute atomic E-state index is 13.5. The van der Waals surface area contributed by atoms with Gasteiger partial charge in [0.15, 0.2) is 0 Å². The molecule has 0 aliphatic rings. The zero-order valence-electron chi connectivity index (χ0n) is 10.3. The van der Waals surface area contributed by atoms with Crippen molar-refractivity contribution in [2.75, 3.05) is 32.1 Å². The molecule has 0 heterocycles. The van der Waals surface area contributed by atoms with E-state index in [-0.39, 0.29) is 24.4 Å². The second-order valence-corrected chi connectivity index (χ2v) is 3.67. The van der Waals surface area contributed by atoms with Crippen LogP contribution < -0.4 is 5.32 Å². The maximum atomic E-state index is 13.5. The molecule has 1 aromatic carbocycles. The molecule has 0 spiro atoms. The summed E-state index contributed by atoms with van der Waals surface area (Å²) in [6.07, 6.45) is 0. The molecule has 0 bridgehead atoms. The molecule has 18 heavy (non-hydrogen) atoms. The van der Waals surface area contributed by atoms with Crippen LogP contribution in [0.1, 0.15) is 17.3 Å². The van der Waals surface area contributed by atoms with Crippen molar-refractivity contribution < 1.29 is 18.7 Å². The van der Waals surface area contributed by atoms with Gasteiger partial charge in [0, 0.05) is 25.7 Å². The minimum atomic E-state index is -0.819. The van der Waals surface area contributed by atoms with Crippen LogP contribution in [0.25, 0.3) is 0 Å². The third-order valence-corrected chi connectivity index (χ3v) is 2.58. The van der Waals surface area contributed by atoms with Crippen LogP contribution in [0.15, 0.2) is 12.1 Å². The Labute approximate surface area is 104 Å². The van der Waals surface area contributed by atoms with E-state index in [9.17, 15) is 13.6 Å². The van der Waals surface area contributed by atoms with Crippen molar-refractivity contribution in [1.29, 1.82) is 0 Å². The Bertz CT molecular complexity index is 415. The normalized spacial score (nSPS) is 10.3. The second-order valence-electron chi connectivity index (χ2n) is 3.67. The third-order valence-electron chi connectivity index (χ3n) is 2.58. The van der Waals surface area contributed by atoms with Crippen LogP contribution in [0.4, 0.5) is 14.5 Å². The molecule has 100 valence electrons. The molecule has 1 amide bonds. The lowest BCUT2D eigenvalue weighted by Crippen LogP contribution is -2.33. The smallest absolute Gasteiger partial charge is 0.254 e. The molecule has 0 aliphatic carbocycles. The van der Waals surface area contributed by atoms with E-state index < -0.39 is 17.5 Å². The van der Waals surface area contributed by atoms with E-state index in [1.807, 2.05) is 0 Å². The number of benzene rings is 1. The highest BCUT2D eigenvalue weighted by Crippen LogP contribution is 2.21. The fourth-order valence-electron chi connectivity index (χ4n) is 1.64. The minimum Gasteiger partial charge on any atom is -0.395 e. The van der Waals surface area contributed by atoms with E-state index in [1.165, 1.54) is 11.9 Å². The number of aliphatic hydroxyl groups excluding tert-OH is 1. The summed E-state index contributed by atoms with van der Waals surface area (Å²) in [4.78, 5) is 13.2. The number of hydrogen-bond donors (Lipinski definition) is 2. The Morgan fingerprint density at radius 1 is 1.39 bits per heavy atom. The Balaban J connectivity index is 3.06. The van der Waals surface area contributed by atoms with E-state index >= 15 is 0 Å². The fraction of sp³-hybridized carbons (Fsp3) is 0.417. The van der Waals surface area contributed by atoms with Crippen molar-refractivity contribution in [1.82, 2.24) is 4.90 Å². The predicted octanol–water partition coefficient (Wildman–Crippen LogP) is 1.46. The molecule has 0 fully saturated rings. The molecule has 1 rings (SSSR count). The van der Waals surface area contributed by atoms with Gasteiger partial charge in [-0.05, 0) is 19.1 Å². The number of rotatable bonds is 5. The quantitative estimate of drug-likeness (QED) is 0.840. The van der Waals surface area contributed by atoms with Crippen molar-refractivity contribution >= 4 is 11.6 Å². The van der Waals surface area contributed by atoms with Gasteiger partial charge in [-0.15, -0.1) is 0 Å². The monoisotopic (exact) mass is 258 g/mol. The van der Waals surface area contributed by atoms with E-state index in [0.717, 1.165) is 12.1 Å². The highest BCUT2D eigenvalue weighted by molar-refractivity contribution is 5.94. The zero-order valence-corrected chi connectivity index (χ0v) is 10.3. The first-order valence-electron chi connectivity index (χ1n) is 5.62. The number of likely N-dealkylation sites (N-methyl/N-ethyl adjacent to an activating group) is 1. The summed E-state index contributed by atoms with van der Waals surface area (Å²) in [6, 6.07) is 1.97. The van der Waals surface area contributed by atoms with Gasteiger partial charge in [-0.3, -0.25) is 4.79 Å². The molecule has 0 aromatic heterocycles. The minimum absolute atomic E-state index is 0.0701. The fourth-order valence-corrected chi connectivity index (χ4v) is 1.64. The molecule has 1 aromatic rings. The van der Waals surface area contributed by atoms with Crippen LogP contribution in [0, 0.1) is 11.6 Å². The van der Waals surface area contributed by atoms with Crippen LogP contribution in [0.3, 0.4) is 0 Å². The number of anilines is 1. The predicted molar refractivity (Wildman–Crippen MR) is 64.6 cm³/mol. The third kappa shape index (κ3) is 2.95. The van der Waals surface area contributed by atoms with Crippen LogP contribution in [-0.2, 0) is 0 Å². The molecule has 4 nitrogen and oxygen atoms in total. The summed E-state index contributed by atoms with van der Waals surface area (Å²) in [5.74, 6) is -2.14. The van der Waals surface area contributed by atoms with Gasteiger partial charge >= 0.3 is 0 Å². The molecule has 0 aliphatic heterocycles. The van der Waals surface area contributed by atoms with E-state index in [0.29, 0.717) is 6.54 Å². The molecule has 0 radical (unpaired) electrons. The SMILES string of the molecule is CCN(CCO)C(=O)c1cc(F)c(NC)c(F)c1. The number of carbonyl (C=O) groups is 1. The van der Waals surface area contributed by atoms with E-state index in [2.05, 4.69) is 5.32 Å². The van der Waals surface area contributed by atoms with Gasteiger partial charge in [-0.1, -0.05) is 0 Å². The molecule has 0 atom stereocenters. The number of aliphatic hydroxyl groups is 1. The first-order chi connectivity index (χ1) is 8.54. The van der Waals surface area contributed by atoms with Gasteiger partial charge < -0.3 is 15.3 Å². The van der Waals surface area contributed by atoms with Gasteiger partial charge in [0.25, 0.3) is 5.91 Å². The van der Waals surface area contributed by atoms with Crippen molar-refractivity contribution in [3.05, 3.63) is 29.3 Å². The van der Waals surface area contributed by atoms with Crippen molar-refractivity contribution in [2.24, 2.45) is 0 Å². The molecule has 0 saturated heterocycles. The number of amides is 1. The van der Waals surface area contributed by atoms with Crippen molar-refractivity contribution in [2.45, 2.75) is 6.92 Å². The van der Waals surface area contributed by atoms with Crippen LogP contribution in [0.5, 0.6) is 0 Å². The van der Waals surface area contributed by atoms with Gasteiger partial charge in [0.1, 0.15) is 17.3 Å². The Hall–Kier alpha value is -1.69. The molecule has 0 unspecified atom stereocenters. The van der Waals surface area contributed by atoms with Crippen LogP contribution >= 0.6 is 0 Å². The number of halogens is 2. The highest BCUT2D eigenvalue weighted by atomic mass is 19.1. The molecular formula is C12H16F2N2O2. The van der Waals surface area contributed by atoms with Crippen LogP contribution in [-0.4, -0.2) is 42.7 Å². The topological polar surface area (TPSA) is 52.6 Å². The maximum Gasteiger partial charge on any atom is 0.254 e. The average molecular weight is 258 g/mol. The van der Waals surface area contributed by atoms with Crippen molar-refractivity contribution in [3.63, 3.8) is 0 Å². The largest absolute Gasteiger partial charge is 0.395 e. The Kier molecular flexibility index (Phi) is 5.03. The lowest BCUT2D eigenvalue weighted by atomic mass is 10.1. The van der Waals surface area contributed by atoms with E-state index in [1.54, 1.807) is 6.92 Å². The zero-order chi connectivity index (χ0) is 13.7.